The molecule has 0 bridgehead atoms. The van der Waals surface area contributed by atoms with E-state index < -0.39 is 0 Å². The second-order valence-electron chi connectivity index (χ2n) is 11.7. The van der Waals surface area contributed by atoms with Gasteiger partial charge in [0.05, 0.1) is 17.6 Å². The van der Waals surface area contributed by atoms with Gasteiger partial charge in [-0.15, -0.1) is 11.3 Å². The van der Waals surface area contributed by atoms with Gasteiger partial charge in [0.25, 0.3) is 0 Å². The Morgan fingerprint density at radius 1 is 1.12 bits per heavy atom. The molecule has 0 saturated carbocycles. The minimum atomic E-state index is 0.0757. The fourth-order valence-corrected chi connectivity index (χ4v) is 5.74. The summed E-state index contributed by atoms with van der Waals surface area (Å²) in [5.41, 5.74) is 3.90. The number of ketones is 1. The number of thiazole rings is 1. The van der Waals surface area contributed by atoms with Crippen molar-refractivity contribution < 1.29 is 9.53 Å². The highest BCUT2D eigenvalue weighted by Crippen LogP contribution is 2.40. The lowest BCUT2D eigenvalue weighted by molar-refractivity contribution is -0.116. The summed E-state index contributed by atoms with van der Waals surface area (Å²) >= 11 is 1.51. The number of Topliss-reactive ketones (excluding diaryl/α,β-unsaturated/α-hetero) is 1. The minimum absolute atomic E-state index is 0.0757. The van der Waals surface area contributed by atoms with Crippen molar-refractivity contribution in [2.75, 3.05) is 6.54 Å². The van der Waals surface area contributed by atoms with Crippen molar-refractivity contribution in [2.24, 2.45) is 5.41 Å². The van der Waals surface area contributed by atoms with Gasteiger partial charge < -0.3 is 4.74 Å². The van der Waals surface area contributed by atoms with E-state index in [2.05, 4.69) is 76.5 Å². The molecule has 1 aliphatic rings. The fraction of sp³-hybridized carbons (Fsp3) is 0.536. The van der Waals surface area contributed by atoms with Crippen LogP contribution in [-0.2, 0) is 11.2 Å². The second kappa shape index (κ2) is 9.04. The van der Waals surface area contributed by atoms with Gasteiger partial charge in [-0.3, -0.25) is 9.69 Å². The molecular formula is C28H37N3O2S. The topological polar surface area (TPSA) is 55.3 Å². The molecule has 3 heterocycles. The van der Waals surface area contributed by atoms with Gasteiger partial charge in [-0.1, -0.05) is 26.8 Å². The number of aromatic nitrogens is 2. The Morgan fingerprint density at radius 3 is 2.47 bits per heavy atom. The summed E-state index contributed by atoms with van der Waals surface area (Å²) < 4.78 is 6.75. The molecule has 1 saturated heterocycles. The van der Waals surface area contributed by atoms with E-state index in [-0.39, 0.29) is 22.8 Å². The van der Waals surface area contributed by atoms with Crippen LogP contribution < -0.4 is 4.74 Å². The van der Waals surface area contributed by atoms with Crippen LogP contribution in [0.4, 0.5) is 0 Å². The molecule has 2 unspecified atom stereocenters. The number of fused-ring (bicyclic) bond motifs is 1. The van der Waals surface area contributed by atoms with Crippen molar-refractivity contribution in [3.05, 3.63) is 40.2 Å². The van der Waals surface area contributed by atoms with E-state index in [1.165, 1.54) is 11.3 Å². The average Bonchev–Trinajstić information content (AvgIpc) is 3.34. The van der Waals surface area contributed by atoms with Crippen LogP contribution in [0.15, 0.2) is 29.6 Å². The molecule has 2 atom stereocenters. The normalized spacial score (nSPS) is 19.6. The van der Waals surface area contributed by atoms with Crippen molar-refractivity contribution in [1.29, 1.82) is 0 Å². The Bertz CT molecular complexity index is 1180. The van der Waals surface area contributed by atoms with E-state index in [1.54, 1.807) is 6.92 Å². The first-order valence-electron chi connectivity index (χ1n) is 12.1. The summed E-state index contributed by atoms with van der Waals surface area (Å²) in [6.45, 7) is 18.4. The predicted octanol–water partition coefficient (Wildman–Crippen LogP) is 6.46. The van der Waals surface area contributed by atoms with Crippen LogP contribution >= 0.6 is 11.3 Å². The number of pyridine rings is 1. The fourth-order valence-electron chi connectivity index (χ4n) is 4.88. The average molecular weight is 480 g/mol. The number of rotatable bonds is 5. The highest BCUT2D eigenvalue weighted by molar-refractivity contribution is 7.10. The highest BCUT2D eigenvalue weighted by Gasteiger charge is 2.44. The molecule has 2 aromatic heterocycles. The van der Waals surface area contributed by atoms with Gasteiger partial charge in [0.2, 0.25) is 0 Å². The molecular weight excluding hydrogens is 442 g/mol. The molecule has 0 radical (unpaired) electrons. The molecule has 0 N–H and O–H groups in total. The Labute approximate surface area is 207 Å². The number of benzene rings is 1. The van der Waals surface area contributed by atoms with E-state index in [0.29, 0.717) is 12.5 Å². The van der Waals surface area contributed by atoms with Crippen molar-refractivity contribution in [1.82, 2.24) is 14.9 Å². The van der Waals surface area contributed by atoms with Gasteiger partial charge in [0, 0.05) is 41.4 Å². The van der Waals surface area contributed by atoms with Crippen molar-refractivity contribution in [3.63, 3.8) is 0 Å². The van der Waals surface area contributed by atoms with Crippen LogP contribution in [0.3, 0.4) is 0 Å². The third kappa shape index (κ3) is 5.33. The van der Waals surface area contributed by atoms with Gasteiger partial charge in [0.1, 0.15) is 28.3 Å². The molecule has 1 aromatic carbocycles. The van der Waals surface area contributed by atoms with Gasteiger partial charge in [-0.2, -0.15) is 0 Å². The van der Waals surface area contributed by atoms with E-state index in [4.69, 9.17) is 9.72 Å². The lowest BCUT2D eigenvalue weighted by Crippen LogP contribution is -2.49. The third-order valence-corrected chi connectivity index (χ3v) is 7.41. The number of likely N-dealkylation sites (tertiary alicyclic amines) is 1. The van der Waals surface area contributed by atoms with Crippen molar-refractivity contribution in [3.8, 4) is 17.1 Å². The van der Waals surface area contributed by atoms with Crippen LogP contribution in [0.25, 0.3) is 22.3 Å². The summed E-state index contributed by atoms with van der Waals surface area (Å²) in [6, 6.07) is 8.79. The lowest BCUT2D eigenvalue weighted by Gasteiger charge is -2.42. The van der Waals surface area contributed by atoms with E-state index in [1.807, 2.05) is 11.4 Å². The van der Waals surface area contributed by atoms with Crippen LogP contribution in [0, 0.1) is 12.3 Å². The molecule has 0 aliphatic carbocycles. The zero-order chi connectivity index (χ0) is 24.8. The Kier molecular flexibility index (Phi) is 6.60. The maximum Gasteiger partial charge on any atom is 0.136 e. The Morgan fingerprint density at radius 2 is 1.85 bits per heavy atom. The van der Waals surface area contributed by atoms with Crippen LogP contribution in [-0.4, -0.2) is 44.9 Å². The maximum atomic E-state index is 11.5. The van der Waals surface area contributed by atoms with E-state index in [0.717, 1.165) is 51.6 Å². The maximum absolute atomic E-state index is 11.5. The summed E-state index contributed by atoms with van der Waals surface area (Å²) in [7, 11) is 0. The van der Waals surface area contributed by atoms with Crippen LogP contribution in [0.2, 0.25) is 0 Å². The summed E-state index contributed by atoms with van der Waals surface area (Å²) in [5, 5.41) is 3.83. The largest absolute Gasteiger partial charge is 0.488 e. The number of nitrogens with zero attached hydrogens (tertiary/aromatic N) is 3. The molecule has 1 aliphatic heterocycles. The number of hydrogen-bond acceptors (Lipinski definition) is 6. The molecule has 4 rings (SSSR count). The number of aryl methyl sites for hydroxylation is 1. The molecule has 0 amide bonds. The quantitative estimate of drug-likeness (QED) is 0.420. The van der Waals surface area contributed by atoms with Crippen molar-refractivity contribution >= 4 is 28.0 Å². The third-order valence-electron chi connectivity index (χ3n) is 6.56. The van der Waals surface area contributed by atoms with Gasteiger partial charge in [-0.05, 0) is 57.7 Å². The first-order valence-corrected chi connectivity index (χ1v) is 13.0. The number of hydrogen-bond donors (Lipinski definition) is 0. The summed E-state index contributed by atoms with van der Waals surface area (Å²) in [4.78, 5) is 23.7. The van der Waals surface area contributed by atoms with Gasteiger partial charge >= 0.3 is 0 Å². The smallest absolute Gasteiger partial charge is 0.136 e. The zero-order valence-electron chi connectivity index (χ0n) is 21.7. The standard InChI is InChI=1S/C28H37N3O2S/c1-17-9-10-20-21(11-17)29-22(23-16-34-26(30-23)12-18(2)32)14-24(20)33-19-13-25(27(3,4)5)31(15-19)28(6,7)8/h9-11,14,16,19,25H,12-13,15H2,1-8H3. The molecule has 5 nitrogen and oxygen atoms in total. The Hall–Kier alpha value is -2.31. The molecule has 6 heteroatoms. The minimum Gasteiger partial charge on any atom is -0.488 e. The number of carbonyl (C=O) groups excluding carboxylic acids is 1. The van der Waals surface area contributed by atoms with Gasteiger partial charge in [0.15, 0.2) is 0 Å². The van der Waals surface area contributed by atoms with E-state index in [9.17, 15) is 4.79 Å². The van der Waals surface area contributed by atoms with E-state index >= 15 is 0 Å². The van der Waals surface area contributed by atoms with Crippen LogP contribution in [0.1, 0.15) is 65.5 Å². The van der Waals surface area contributed by atoms with Crippen molar-refractivity contribution in [2.45, 2.75) is 85.9 Å². The predicted molar refractivity (Wildman–Crippen MR) is 141 cm³/mol. The summed E-state index contributed by atoms with van der Waals surface area (Å²) in [5.74, 6) is 0.972. The zero-order valence-corrected chi connectivity index (χ0v) is 22.5. The second-order valence-corrected chi connectivity index (χ2v) is 12.7. The molecule has 3 aromatic rings. The molecule has 182 valence electrons. The monoisotopic (exact) mass is 479 g/mol. The molecule has 34 heavy (non-hydrogen) atoms. The number of ether oxygens (including phenoxy) is 1. The van der Waals surface area contributed by atoms with Gasteiger partial charge in [-0.25, -0.2) is 9.97 Å². The Balaban J connectivity index is 1.71. The lowest BCUT2D eigenvalue weighted by atomic mass is 9.83. The molecule has 0 spiro atoms. The first-order chi connectivity index (χ1) is 15.8. The summed E-state index contributed by atoms with van der Waals surface area (Å²) in [6.07, 6.45) is 1.46. The SMILES string of the molecule is CC(=O)Cc1nc(-c2cc(OC3CC(C(C)(C)C)N(C(C)(C)C)C3)c3ccc(C)cc3n2)cs1. The number of carbonyl (C=O) groups is 1. The first kappa shape index (κ1) is 24.8. The molecule has 1 fully saturated rings. The van der Waals surface area contributed by atoms with Crippen LogP contribution in [0.5, 0.6) is 5.75 Å². The highest BCUT2D eigenvalue weighted by atomic mass is 32.1.